The van der Waals surface area contributed by atoms with Gasteiger partial charge in [-0.05, 0) is 25.0 Å². The molecule has 2 heterocycles. The molecule has 6 N–H and O–H groups in total. The topological polar surface area (TPSA) is 119 Å². The van der Waals surface area contributed by atoms with Gasteiger partial charge in [0.1, 0.15) is 17.3 Å². The van der Waals surface area contributed by atoms with E-state index < -0.39 is 17.8 Å². The summed E-state index contributed by atoms with van der Waals surface area (Å²) in [7, 11) is 0. The third-order valence-corrected chi connectivity index (χ3v) is 4.62. The third-order valence-electron chi connectivity index (χ3n) is 4.62. The molecule has 1 aliphatic rings. The van der Waals surface area contributed by atoms with Crippen molar-refractivity contribution in [2.24, 2.45) is 11.5 Å². The van der Waals surface area contributed by atoms with Gasteiger partial charge in [-0.1, -0.05) is 18.9 Å². The number of aromatic nitrogens is 2. The number of nitrogens with one attached hydrogen (secondary N) is 2. The first kappa shape index (κ1) is 19.9. The van der Waals surface area contributed by atoms with Gasteiger partial charge >= 0.3 is 6.18 Å². The molecule has 0 aliphatic heterocycles. The molecule has 0 bridgehead atoms. The lowest BCUT2D eigenvalue weighted by molar-refractivity contribution is -0.141. The second kappa shape index (κ2) is 8.01. The number of carbonyl (C=O) groups excluding carboxylic acids is 1. The number of primary amides is 1. The summed E-state index contributed by atoms with van der Waals surface area (Å²) in [5, 5.41) is 5.96. The second-order valence-electron chi connectivity index (χ2n) is 6.71. The fraction of sp³-hybridized carbons (Fsp3) is 0.389. The number of nitrogens with zero attached hydrogens (tertiary/aromatic N) is 2. The van der Waals surface area contributed by atoms with Crippen molar-refractivity contribution in [3.05, 3.63) is 41.7 Å². The summed E-state index contributed by atoms with van der Waals surface area (Å²) in [6.45, 7) is 0. The molecule has 150 valence electrons. The molecule has 10 heteroatoms. The Morgan fingerprint density at radius 2 is 1.93 bits per heavy atom. The highest BCUT2D eigenvalue weighted by Gasteiger charge is 2.32. The van der Waals surface area contributed by atoms with E-state index in [1.54, 1.807) is 0 Å². The van der Waals surface area contributed by atoms with E-state index in [2.05, 4.69) is 20.6 Å². The zero-order valence-corrected chi connectivity index (χ0v) is 15.0. The quantitative estimate of drug-likeness (QED) is 0.619. The fourth-order valence-electron chi connectivity index (χ4n) is 3.16. The molecule has 1 amide bonds. The Hall–Kier alpha value is -2.88. The molecule has 1 aliphatic carbocycles. The van der Waals surface area contributed by atoms with Crippen LogP contribution in [0.1, 0.15) is 41.7 Å². The van der Waals surface area contributed by atoms with Crippen LogP contribution < -0.4 is 22.1 Å². The molecule has 0 saturated heterocycles. The van der Waals surface area contributed by atoms with Gasteiger partial charge in [0.2, 0.25) is 0 Å². The van der Waals surface area contributed by atoms with Crippen molar-refractivity contribution in [2.75, 3.05) is 10.6 Å². The van der Waals surface area contributed by atoms with Crippen molar-refractivity contribution in [2.45, 2.75) is 43.9 Å². The Balaban J connectivity index is 1.87. The molecule has 0 radical (unpaired) electrons. The van der Waals surface area contributed by atoms with Gasteiger partial charge in [-0.15, -0.1) is 0 Å². The first-order valence-electron chi connectivity index (χ1n) is 8.87. The maximum absolute atomic E-state index is 12.9. The van der Waals surface area contributed by atoms with Crippen LogP contribution in [0, 0.1) is 0 Å². The Kier molecular flexibility index (Phi) is 5.68. The number of carbonyl (C=O) groups is 1. The van der Waals surface area contributed by atoms with Crippen LogP contribution >= 0.6 is 0 Å². The van der Waals surface area contributed by atoms with E-state index in [1.807, 2.05) is 0 Å². The minimum absolute atomic E-state index is 0.0205. The normalized spacial score (nSPS) is 19.9. The predicted molar refractivity (Wildman–Crippen MR) is 99.1 cm³/mol. The summed E-state index contributed by atoms with van der Waals surface area (Å²) in [6.07, 6.45) is 0.599. The number of nitrogens with two attached hydrogens (primary N) is 2. The lowest BCUT2D eigenvalue weighted by atomic mass is 9.91. The van der Waals surface area contributed by atoms with Gasteiger partial charge in [0.05, 0.1) is 11.3 Å². The smallest absolute Gasteiger partial charge is 0.366 e. The van der Waals surface area contributed by atoms with Crippen LogP contribution in [0.25, 0.3) is 0 Å². The van der Waals surface area contributed by atoms with E-state index >= 15 is 0 Å². The van der Waals surface area contributed by atoms with Gasteiger partial charge in [0, 0.05) is 24.3 Å². The maximum Gasteiger partial charge on any atom is 0.433 e. The molecule has 1 saturated carbocycles. The minimum Gasteiger partial charge on any atom is -0.366 e. The Labute approximate surface area is 159 Å². The number of rotatable bonds is 5. The van der Waals surface area contributed by atoms with Gasteiger partial charge < -0.3 is 22.1 Å². The van der Waals surface area contributed by atoms with E-state index in [0.717, 1.165) is 31.7 Å². The molecule has 2 aromatic heterocycles. The molecular weight excluding hydrogens is 373 g/mol. The third kappa shape index (κ3) is 4.69. The summed E-state index contributed by atoms with van der Waals surface area (Å²) in [5.41, 5.74) is 10.7. The zero-order chi connectivity index (χ0) is 20.3. The van der Waals surface area contributed by atoms with Crippen molar-refractivity contribution in [3.63, 3.8) is 0 Å². The van der Waals surface area contributed by atoms with Crippen LogP contribution in [0.15, 0.2) is 30.5 Å². The number of pyridine rings is 2. The minimum atomic E-state index is -4.58. The second-order valence-corrected chi connectivity index (χ2v) is 6.71. The average Bonchev–Trinajstić information content (AvgIpc) is 2.63. The molecule has 3 rings (SSSR count). The van der Waals surface area contributed by atoms with Crippen molar-refractivity contribution in [3.8, 4) is 0 Å². The highest BCUT2D eigenvalue weighted by Crippen LogP contribution is 2.30. The van der Waals surface area contributed by atoms with Crippen LogP contribution in [-0.2, 0) is 6.18 Å². The Bertz CT molecular complexity index is 857. The first-order valence-corrected chi connectivity index (χ1v) is 8.87. The average molecular weight is 394 g/mol. The molecule has 2 atom stereocenters. The summed E-state index contributed by atoms with van der Waals surface area (Å²) >= 11 is 0. The highest BCUT2D eigenvalue weighted by atomic mass is 19.4. The van der Waals surface area contributed by atoms with E-state index in [-0.39, 0.29) is 29.2 Å². The van der Waals surface area contributed by atoms with Crippen LogP contribution in [0.5, 0.6) is 0 Å². The molecule has 1 fully saturated rings. The Morgan fingerprint density at radius 1 is 1.18 bits per heavy atom. The maximum atomic E-state index is 12.9. The lowest BCUT2D eigenvalue weighted by Crippen LogP contribution is -2.42. The number of alkyl halides is 3. The molecular formula is C18H21F3N6O. The largest absolute Gasteiger partial charge is 0.433 e. The summed E-state index contributed by atoms with van der Waals surface area (Å²) in [6, 6.07) is 4.98. The van der Waals surface area contributed by atoms with E-state index in [0.29, 0.717) is 5.82 Å². The van der Waals surface area contributed by atoms with Gasteiger partial charge in [0.15, 0.2) is 0 Å². The highest BCUT2D eigenvalue weighted by molar-refractivity contribution is 5.99. The summed E-state index contributed by atoms with van der Waals surface area (Å²) in [4.78, 5) is 19.4. The Morgan fingerprint density at radius 3 is 2.61 bits per heavy atom. The van der Waals surface area contributed by atoms with Gasteiger partial charge in [0.25, 0.3) is 5.91 Å². The molecule has 0 aromatic carbocycles. The van der Waals surface area contributed by atoms with Gasteiger partial charge in [-0.25, -0.2) is 9.97 Å². The number of hydrogen-bond acceptors (Lipinski definition) is 6. The molecule has 0 spiro atoms. The van der Waals surface area contributed by atoms with Crippen molar-refractivity contribution in [1.82, 2.24) is 9.97 Å². The van der Waals surface area contributed by atoms with Crippen LogP contribution in [-0.4, -0.2) is 28.0 Å². The predicted octanol–water partition coefficient (Wildman–Crippen LogP) is 3.02. The molecule has 7 nitrogen and oxygen atoms in total. The first-order chi connectivity index (χ1) is 13.2. The van der Waals surface area contributed by atoms with Crippen LogP contribution in [0.3, 0.4) is 0 Å². The summed E-state index contributed by atoms with van der Waals surface area (Å²) < 4.78 is 38.6. The van der Waals surface area contributed by atoms with Crippen molar-refractivity contribution in [1.29, 1.82) is 0 Å². The van der Waals surface area contributed by atoms with Gasteiger partial charge in [-0.3, -0.25) is 4.79 Å². The SMILES string of the molecule is NC(=O)c1cnc(N[C@@H]2CCCC[C@@H]2N)cc1Nc1cccc(C(F)(F)F)n1. The monoisotopic (exact) mass is 394 g/mol. The molecule has 2 aromatic rings. The lowest BCUT2D eigenvalue weighted by Gasteiger charge is -2.29. The van der Waals surface area contributed by atoms with E-state index in [4.69, 9.17) is 11.5 Å². The summed E-state index contributed by atoms with van der Waals surface area (Å²) in [5.74, 6) is -0.381. The standard InChI is InChI=1S/C18H21F3N6O/c19-18(20,21)14-6-3-7-15(27-14)26-13-8-16(24-9-10(13)17(23)28)25-12-5-2-1-4-11(12)22/h3,6-9,11-12H,1-2,4-5,22H2,(H2,23,28)(H2,24,25,26,27)/t11-,12+/m0/s1. The van der Waals surface area contributed by atoms with Crippen molar-refractivity contribution < 1.29 is 18.0 Å². The van der Waals surface area contributed by atoms with E-state index in [9.17, 15) is 18.0 Å². The molecule has 0 unspecified atom stereocenters. The fourth-order valence-corrected chi connectivity index (χ4v) is 3.16. The number of amides is 1. The number of anilines is 3. The zero-order valence-electron chi connectivity index (χ0n) is 15.0. The van der Waals surface area contributed by atoms with Gasteiger partial charge in [-0.2, -0.15) is 13.2 Å². The van der Waals surface area contributed by atoms with E-state index in [1.165, 1.54) is 24.4 Å². The number of halogens is 3. The number of hydrogen-bond donors (Lipinski definition) is 4. The van der Waals surface area contributed by atoms with Crippen LogP contribution in [0.2, 0.25) is 0 Å². The van der Waals surface area contributed by atoms with Crippen molar-refractivity contribution >= 4 is 23.2 Å². The van der Waals surface area contributed by atoms with Crippen LogP contribution in [0.4, 0.5) is 30.5 Å². The molecule has 28 heavy (non-hydrogen) atoms.